The van der Waals surface area contributed by atoms with E-state index in [2.05, 4.69) is 71.6 Å². The Morgan fingerprint density at radius 1 is 0.969 bits per heavy atom. The summed E-state index contributed by atoms with van der Waals surface area (Å²) in [4.78, 5) is 12.0. The van der Waals surface area contributed by atoms with E-state index in [9.17, 15) is 0 Å². The Hall–Kier alpha value is -3.45. The van der Waals surface area contributed by atoms with Crippen molar-refractivity contribution in [2.75, 3.05) is 36.5 Å². The Morgan fingerprint density at radius 2 is 1.72 bits per heavy atom. The molecule has 0 unspecified atom stereocenters. The van der Waals surface area contributed by atoms with Gasteiger partial charge in [-0.25, -0.2) is 4.68 Å². The molecule has 5 rings (SSSR count). The molecule has 1 saturated heterocycles. The first-order valence-electron chi connectivity index (χ1n) is 11.1. The highest BCUT2D eigenvalue weighted by Gasteiger charge is 2.19. The highest BCUT2D eigenvalue weighted by atomic mass is 16.5. The van der Waals surface area contributed by atoms with Gasteiger partial charge in [-0.15, -0.1) is 0 Å². The summed E-state index contributed by atoms with van der Waals surface area (Å²) in [7, 11) is 0. The summed E-state index contributed by atoms with van der Waals surface area (Å²) < 4.78 is 7.51. The van der Waals surface area contributed by atoms with Gasteiger partial charge in [-0.05, 0) is 49.1 Å². The Morgan fingerprint density at radius 3 is 2.47 bits per heavy atom. The van der Waals surface area contributed by atoms with Crippen LogP contribution in [0, 0.1) is 13.8 Å². The number of nitrogens with zero attached hydrogens (tertiary/aromatic N) is 5. The average molecular weight is 429 g/mol. The molecule has 1 aliphatic rings. The van der Waals surface area contributed by atoms with Gasteiger partial charge in [0, 0.05) is 25.3 Å². The fourth-order valence-corrected chi connectivity index (χ4v) is 4.17. The summed E-state index contributed by atoms with van der Waals surface area (Å²) >= 11 is 0. The smallest absolute Gasteiger partial charge is 0.229 e. The predicted octanol–water partition coefficient (Wildman–Crippen LogP) is 4.27. The van der Waals surface area contributed by atoms with Gasteiger partial charge in [0.25, 0.3) is 0 Å². The van der Waals surface area contributed by atoms with Gasteiger partial charge in [0.2, 0.25) is 5.95 Å². The highest BCUT2D eigenvalue weighted by molar-refractivity contribution is 5.89. The third-order valence-corrected chi connectivity index (χ3v) is 5.72. The van der Waals surface area contributed by atoms with Crippen LogP contribution in [0.15, 0.2) is 54.7 Å². The van der Waals surface area contributed by atoms with E-state index in [-0.39, 0.29) is 0 Å². The molecule has 1 fully saturated rings. The maximum Gasteiger partial charge on any atom is 0.229 e. The van der Waals surface area contributed by atoms with E-state index in [1.807, 2.05) is 16.9 Å². The van der Waals surface area contributed by atoms with E-state index in [0.717, 1.165) is 48.6 Å². The second kappa shape index (κ2) is 8.96. The first-order valence-corrected chi connectivity index (χ1v) is 11.1. The van der Waals surface area contributed by atoms with E-state index in [0.29, 0.717) is 19.2 Å². The Balaban J connectivity index is 1.52. The lowest BCUT2D eigenvalue weighted by Crippen LogP contribution is -2.37. The predicted molar refractivity (Wildman–Crippen MR) is 128 cm³/mol. The number of aromatic nitrogens is 4. The summed E-state index contributed by atoms with van der Waals surface area (Å²) in [6.45, 7) is 7.92. The molecule has 32 heavy (non-hydrogen) atoms. The number of anilines is 3. The van der Waals surface area contributed by atoms with Crippen molar-refractivity contribution in [1.29, 1.82) is 0 Å². The minimum atomic E-state index is 0.689. The summed E-state index contributed by atoms with van der Waals surface area (Å²) in [5.41, 5.74) is 5.58. The van der Waals surface area contributed by atoms with E-state index in [1.165, 1.54) is 16.7 Å². The molecule has 0 aliphatic carbocycles. The number of rotatable bonds is 6. The van der Waals surface area contributed by atoms with E-state index < -0.39 is 0 Å². The molecule has 0 atom stereocenters. The zero-order valence-corrected chi connectivity index (χ0v) is 18.6. The minimum absolute atomic E-state index is 0.689. The molecule has 1 N–H and O–H groups in total. The fraction of sp³-hybridized carbons (Fsp3) is 0.320. The van der Waals surface area contributed by atoms with Crippen molar-refractivity contribution >= 4 is 28.5 Å². The lowest BCUT2D eigenvalue weighted by atomic mass is 10.1. The normalized spacial score (nSPS) is 14.1. The number of benzene rings is 2. The Bertz CT molecular complexity index is 1190. The van der Waals surface area contributed by atoms with Gasteiger partial charge < -0.3 is 15.0 Å². The number of morpholine rings is 1. The molecule has 4 aromatic rings. The third-order valence-electron chi connectivity index (χ3n) is 5.72. The average Bonchev–Trinajstić information content (AvgIpc) is 3.21. The number of hydrogen-bond donors (Lipinski definition) is 1. The van der Waals surface area contributed by atoms with Gasteiger partial charge in [-0.1, -0.05) is 36.4 Å². The van der Waals surface area contributed by atoms with E-state index in [4.69, 9.17) is 14.7 Å². The highest BCUT2D eigenvalue weighted by Crippen LogP contribution is 2.28. The molecule has 0 radical (unpaired) electrons. The van der Waals surface area contributed by atoms with E-state index >= 15 is 0 Å². The number of hydrogen-bond acceptors (Lipinski definition) is 6. The van der Waals surface area contributed by atoms with Crippen molar-refractivity contribution in [3.05, 3.63) is 71.4 Å². The zero-order valence-electron chi connectivity index (χ0n) is 18.6. The maximum atomic E-state index is 5.53. The van der Waals surface area contributed by atoms with Gasteiger partial charge in [-0.2, -0.15) is 15.1 Å². The molecular weight excluding hydrogens is 400 g/mol. The molecule has 2 aromatic heterocycles. The summed E-state index contributed by atoms with van der Waals surface area (Å²) in [5.74, 6) is 1.50. The van der Waals surface area contributed by atoms with Gasteiger partial charge in [-0.3, -0.25) is 0 Å². The van der Waals surface area contributed by atoms with Gasteiger partial charge in [0.05, 0.1) is 24.8 Å². The summed E-state index contributed by atoms with van der Waals surface area (Å²) in [6.07, 6.45) is 2.77. The van der Waals surface area contributed by atoms with Crippen LogP contribution in [0.3, 0.4) is 0 Å². The summed E-state index contributed by atoms with van der Waals surface area (Å²) in [6, 6.07) is 16.9. The topological polar surface area (TPSA) is 68.1 Å². The van der Waals surface area contributed by atoms with Crippen molar-refractivity contribution < 1.29 is 4.74 Å². The maximum absolute atomic E-state index is 5.53. The SMILES string of the molecule is Cc1cc(C)cc(Nc2nc(N3CCOCC3)nc3c2cnn3CCc2ccccc2)c1. The number of fused-ring (bicyclic) bond motifs is 1. The standard InChI is InChI=1S/C25H28N6O/c1-18-14-19(2)16-21(15-18)27-23-22-17-26-31(9-8-20-6-4-3-5-7-20)24(22)29-25(28-23)30-10-12-32-13-11-30/h3-7,14-17H,8-13H2,1-2H3,(H,27,28,29). The largest absolute Gasteiger partial charge is 0.378 e. The van der Waals surface area contributed by atoms with Gasteiger partial charge >= 0.3 is 0 Å². The van der Waals surface area contributed by atoms with Crippen LogP contribution in [0.1, 0.15) is 16.7 Å². The molecule has 0 bridgehead atoms. The Labute approximate surface area is 188 Å². The summed E-state index contributed by atoms with van der Waals surface area (Å²) in [5, 5.41) is 9.12. The first kappa shape index (κ1) is 20.5. The van der Waals surface area contributed by atoms with Gasteiger partial charge in [0.15, 0.2) is 5.65 Å². The first-order chi connectivity index (χ1) is 15.7. The minimum Gasteiger partial charge on any atom is -0.378 e. The molecule has 7 nitrogen and oxygen atoms in total. The molecule has 164 valence electrons. The second-order valence-corrected chi connectivity index (χ2v) is 8.31. The molecule has 0 saturated carbocycles. The number of nitrogens with one attached hydrogen (secondary N) is 1. The number of ether oxygens (including phenoxy) is 1. The van der Waals surface area contributed by atoms with Gasteiger partial charge in [0.1, 0.15) is 5.82 Å². The fourth-order valence-electron chi connectivity index (χ4n) is 4.17. The molecule has 2 aromatic carbocycles. The van der Waals surface area contributed by atoms with Crippen LogP contribution in [0.5, 0.6) is 0 Å². The van der Waals surface area contributed by atoms with Crippen LogP contribution >= 0.6 is 0 Å². The monoisotopic (exact) mass is 428 g/mol. The Kier molecular flexibility index (Phi) is 5.73. The van der Waals surface area contributed by atoms with Crippen LogP contribution in [-0.4, -0.2) is 46.1 Å². The molecule has 3 heterocycles. The number of aryl methyl sites for hydroxylation is 4. The molecular formula is C25H28N6O. The molecule has 0 spiro atoms. The zero-order chi connectivity index (χ0) is 21.9. The molecule has 0 amide bonds. The molecule has 7 heteroatoms. The second-order valence-electron chi connectivity index (χ2n) is 8.31. The van der Waals surface area contributed by atoms with E-state index in [1.54, 1.807) is 0 Å². The lowest BCUT2D eigenvalue weighted by Gasteiger charge is -2.27. The van der Waals surface area contributed by atoms with Crippen LogP contribution in [0.25, 0.3) is 11.0 Å². The van der Waals surface area contributed by atoms with Crippen LogP contribution in [0.2, 0.25) is 0 Å². The quantitative estimate of drug-likeness (QED) is 0.495. The van der Waals surface area contributed by atoms with Crippen molar-refractivity contribution in [2.45, 2.75) is 26.8 Å². The van der Waals surface area contributed by atoms with Crippen LogP contribution in [0.4, 0.5) is 17.5 Å². The van der Waals surface area contributed by atoms with Crippen LogP contribution in [-0.2, 0) is 17.7 Å². The molecule has 1 aliphatic heterocycles. The third kappa shape index (κ3) is 4.43. The lowest BCUT2D eigenvalue weighted by molar-refractivity contribution is 0.122. The van der Waals surface area contributed by atoms with Crippen molar-refractivity contribution in [3.8, 4) is 0 Å². The van der Waals surface area contributed by atoms with Crippen LogP contribution < -0.4 is 10.2 Å². The van der Waals surface area contributed by atoms with Crippen molar-refractivity contribution in [2.24, 2.45) is 0 Å². The van der Waals surface area contributed by atoms with Crippen molar-refractivity contribution in [3.63, 3.8) is 0 Å². The van der Waals surface area contributed by atoms with Crippen molar-refractivity contribution in [1.82, 2.24) is 19.7 Å².